The maximum absolute atomic E-state index is 10.9. The summed E-state index contributed by atoms with van der Waals surface area (Å²) in [6.07, 6.45) is 0. The number of hydrogen-bond acceptors (Lipinski definition) is 3. The third-order valence-corrected chi connectivity index (χ3v) is 4.82. The zero-order valence-electron chi connectivity index (χ0n) is 10.8. The molecule has 0 bridgehead atoms. The molecule has 0 amide bonds. The van der Waals surface area contributed by atoms with Crippen LogP contribution in [0, 0.1) is 0 Å². The van der Waals surface area contributed by atoms with Crippen molar-refractivity contribution in [2.75, 3.05) is 7.05 Å². The van der Waals surface area contributed by atoms with E-state index >= 15 is 0 Å². The zero-order chi connectivity index (χ0) is 14.7. The number of benzene rings is 1. The monoisotopic (exact) mass is 373 g/mol. The smallest absolute Gasteiger partial charge is 0.335 e. The maximum atomic E-state index is 10.9. The fraction of sp³-hybridized carbons (Fsp3) is 0.214. The highest BCUT2D eigenvalue weighted by Crippen LogP contribution is 2.23. The highest BCUT2D eigenvalue weighted by atomic mass is 79.9. The van der Waals surface area contributed by atoms with Crippen molar-refractivity contribution in [1.29, 1.82) is 0 Å². The summed E-state index contributed by atoms with van der Waals surface area (Å²) in [5.41, 5.74) is 1.14. The molecule has 0 fully saturated rings. The molecule has 0 atom stereocenters. The van der Waals surface area contributed by atoms with Gasteiger partial charge in [0.1, 0.15) is 0 Å². The molecule has 0 unspecified atom stereocenters. The number of halogens is 2. The molecule has 1 heterocycles. The summed E-state index contributed by atoms with van der Waals surface area (Å²) in [6.45, 7) is 1.50. The zero-order valence-corrected chi connectivity index (χ0v) is 13.9. The molecular weight excluding hydrogens is 362 g/mol. The lowest BCUT2D eigenvalue weighted by atomic mass is 10.1. The van der Waals surface area contributed by atoms with Crippen molar-refractivity contribution in [2.45, 2.75) is 13.1 Å². The van der Waals surface area contributed by atoms with E-state index in [0.717, 1.165) is 16.6 Å². The predicted molar refractivity (Wildman–Crippen MR) is 85.6 cm³/mol. The standard InChI is InChI=1S/C14H13BrClNO2S/c1-17(7-12-5-11(15)8-20-12)6-10-3-2-9(14(18)19)4-13(10)16/h2-5,8H,6-7H2,1H3,(H,18,19). The van der Waals surface area contributed by atoms with Gasteiger partial charge in [0, 0.05) is 32.8 Å². The van der Waals surface area contributed by atoms with E-state index in [1.54, 1.807) is 23.5 Å². The molecule has 2 aromatic rings. The van der Waals surface area contributed by atoms with Gasteiger partial charge in [-0.15, -0.1) is 11.3 Å². The van der Waals surface area contributed by atoms with Gasteiger partial charge in [-0.25, -0.2) is 4.79 Å². The van der Waals surface area contributed by atoms with E-state index in [0.29, 0.717) is 11.6 Å². The van der Waals surface area contributed by atoms with Gasteiger partial charge < -0.3 is 5.11 Å². The van der Waals surface area contributed by atoms with Gasteiger partial charge >= 0.3 is 5.97 Å². The molecule has 0 spiro atoms. The second-order valence-electron chi connectivity index (χ2n) is 4.51. The van der Waals surface area contributed by atoms with Crippen LogP contribution in [-0.4, -0.2) is 23.0 Å². The Kier molecular flexibility index (Phi) is 5.21. The first-order chi connectivity index (χ1) is 9.45. The molecule has 1 aromatic carbocycles. The van der Waals surface area contributed by atoms with Crippen LogP contribution in [0.2, 0.25) is 5.02 Å². The van der Waals surface area contributed by atoms with Crippen LogP contribution in [0.15, 0.2) is 34.1 Å². The first-order valence-electron chi connectivity index (χ1n) is 5.89. The van der Waals surface area contributed by atoms with Gasteiger partial charge in [0.15, 0.2) is 0 Å². The topological polar surface area (TPSA) is 40.5 Å². The molecule has 6 heteroatoms. The molecule has 0 saturated carbocycles. The molecule has 0 aliphatic carbocycles. The maximum Gasteiger partial charge on any atom is 0.335 e. The Morgan fingerprint density at radius 2 is 2.15 bits per heavy atom. The van der Waals surface area contributed by atoms with E-state index in [9.17, 15) is 4.79 Å². The molecule has 1 aromatic heterocycles. The van der Waals surface area contributed by atoms with Crippen molar-refractivity contribution < 1.29 is 9.90 Å². The van der Waals surface area contributed by atoms with Crippen LogP contribution >= 0.6 is 38.9 Å². The van der Waals surface area contributed by atoms with Gasteiger partial charge in [-0.2, -0.15) is 0 Å². The number of rotatable bonds is 5. The SMILES string of the molecule is CN(Cc1cc(Br)cs1)Cc1ccc(C(=O)O)cc1Cl. The Morgan fingerprint density at radius 3 is 2.70 bits per heavy atom. The number of carboxylic acid groups (broad SMARTS) is 1. The van der Waals surface area contributed by atoms with Crippen LogP contribution in [0.1, 0.15) is 20.8 Å². The molecule has 106 valence electrons. The fourth-order valence-electron chi connectivity index (χ4n) is 1.86. The second-order valence-corrected chi connectivity index (χ2v) is 6.83. The van der Waals surface area contributed by atoms with Gasteiger partial charge in [-0.05, 0) is 46.7 Å². The van der Waals surface area contributed by atoms with Crippen molar-refractivity contribution in [2.24, 2.45) is 0 Å². The first kappa shape index (κ1) is 15.5. The van der Waals surface area contributed by atoms with Crippen LogP contribution in [0.25, 0.3) is 0 Å². The van der Waals surface area contributed by atoms with E-state index < -0.39 is 5.97 Å². The van der Waals surface area contributed by atoms with Gasteiger partial charge in [0.2, 0.25) is 0 Å². The van der Waals surface area contributed by atoms with Crippen molar-refractivity contribution in [3.63, 3.8) is 0 Å². The lowest BCUT2D eigenvalue weighted by molar-refractivity contribution is 0.0697. The fourth-order valence-corrected chi connectivity index (χ4v) is 3.63. The Morgan fingerprint density at radius 1 is 1.40 bits per heavy atom. The summed E-state index contributed by atoms with van der Waals surface area (Å²) in [5.74, 6) is -0.963. The molecule has 0 saturated heterocycles. The van der Waals surface area contributed by atoms with Crippen LogP contribution in [0.3, 0.4) is 0 Å². The lowest BCUT2D eigenvalue weighted by Gasteiger charge is -2.16. The predicted octanol–water partition coefficient (Wildman–Crippen LogP) is 4.49. The molecule has 0 radical (unpaired) electrons. The van der Waals surface area contributed by atoms with E-state index in [1.165, 1.54) is 10.9 Å². The van der Waals surface area contributed by atoms with E-state index in [-0.39, 0.29) is 5.56 Å². The minimum Gasteiger partial charge on any atom is -0.478 e. The Labute approximate surface area is 134 Å². The van der Waals surface area contributed by atoms with E-state index in [2.05, 4.69) is 32.3 Å². The van der Waals surface area contributed by atoms with E-state index in [1.807, 2.05) is 7.05 Å². The Hall–Kier alpha value is -0.880. The van der Waals surface area contributed by atoms with Crippen molar-refractivity contribution >= 4 is 44.8 Å². The average molecular weight is 375 g/mol. The van der Waals surface area contributed by atoms with Gasteiger partial charge in [-0.1, -0.05) is 17.7 Å². The average Bonchev–Trinajstić information content (AvgIpc) is 2.77. The van der Waals surface area contributed by atoms with Crippen LogP contribution in [0.4, 0.5) is 0 Å². The van der Waals surface area contributed by atoms with Crippen molar-refractivity contribution in [3.8, 4) is 0 Å². The Bertz CT molecular complexity index is 629. The molecule has 1 N–H and O–H groups in total. The van der Waals surface area contributed by atoms with Gasteiger partial charge in [-0.3, -0.25) is 4.90 Å². The second kappa shape index (κ2) is 6.72. The highest BCUT2D eigenvalue weighted by molar-refractivity contribution is 9.10. The quantitative estimate of drug-likeness (QED) is 0.838. The number of carbonyl (C=O) groups is 1. The van der Waals surface area contributed by atoms with Gasteiger partial charge in [0.25, 0.3) is 0 Å². The molecule has 0 aliphatic rings. The summed E-state index contributed by atoms with van der Waals surface area (Å²) in [5, 5.41) is 11.5. The van der Waals surface area contributed by atoms with Crippen LogP contribution < -0.4 is 0 Å². The number of thiophene rings is 1. The summed E-state index contributed by atoms with van der Waals surface area (Å²) in [6, 6.07) is 6.94. The van der Waals surface area contributed by atoms with Crippen LogP contribution in [-0.2, 0) is 13.1 Å². The number of hydrogen-bond donors (Lipinski definition) is 1. The minimum atomic E-state index is -0.963. The minimum absolute atomic E-state index is 0.212. The normalized spacial score (nSPS) is 11.0. The summed E-state index contributed by atoms with van der Waals surface area (Å²) in [7, 11) is 2.01. The largest absolute Gasteiger partial charge is 0.478 e. The molecule has 3 nitrogen and oxygen atoms in total. The van der Waals surface area contributed by atoms with Crippen molar-refractivity contribution in [1.82, 2.24) is 4.90 Å². The third-order valence-electron chi connectivity index (χ3n) is 2.79. The number of carboxylic acids is 1. The Balaban J connectivity index is 2.04. The molecule has 20 heavy (non-hydrogen) atoms. The van der Waals surface area contributed by atoms with Crippen LogP contribution in [0.5, 0.6) is 0 Å². The first-order valence-corrected chi connectivity index (χ1v) is 7.94. The summed E-state index contributed by atoms with van der Waals surface area (Å²) >= 11 is 11.3. The molecule has 0 aliphatic heterocycles. The summed E-state index contributed by atoms with van der Waals surface area (Å²) in [4.78, 5) is 14.3. The number of nitrogens with zero attached hydrogens (tertiary/aromatic N) is 1. The van der Waals surface area contributed by atoms with E-state index in [4.69, 9.17) is 16.7 Å². The third kappa shape index (κ3) is 4.06. The molecule has 2 rings (SSSR count). The van der Waals surface area contributed by atoms with Crippen molar-refractivity contribution in [3.05, 3.63) is 55.1 Å². The molecular formula is C14H13BrClNO2S. The van der Waals surface area contributed by atoms with Gasteiger partial charge in [0.05, 0.1) is 5.56 Å². The highest BCUT2D eigenvalue weighted by Gasteiger charge is 2.10. The summed E-state index contributed by atoms with van der Waals surface area (Å²) < 4.78 is 1.09. The lowest BCUT2D eigenvalue weighted by Crippen LogP contribution is -2.17. The number of aromatic carboxylic acids is 1.